The first kappa shape index (κ1) is 18.4. The maximum atomic E-state index is 13.5. The Kier molecular flexibility index (Phi) is 4.75. The smallest absolute Gasteiger partial charge is 0.322 e. The second-order valence-electron chi connectivity index (χ2n) is 6.66. The predicted octanol–water partition coefficient (Wildman–Crippen LogP) is 4.90. The van der Waals surface area contributed by atoms with Gasteiger partial charge in [0, 0.05) is 6.54 Å². The number of fused-ring (bicyclic) bond motifs is 1. The van der Waals surface area contributed by atoms with E-state index in [9.17, 15) is 17.6 Å². The van der Waals surface area contributed by atoms with Gasteiger partial charge in [0.25, 0.3) is 0 Å². The molecule has 0 fully saturated rings. The number of hydrogen-bond acceptors (Lipinski definition) is 2. The molecule has 7 heteroatoms. The lowest BCUT2D eigenvalue weighted by Gasteiger charge is -2.18. The fraction of sp³-hybridized carbons (Fsp3) is 0.316. The minimum atomic E-state index is -4.44. The van der Waals surface area contributed by atoms with E-state index in [-0.39, 0.29) is 23.8 Å². The highest BCUT2D eigenvalue weighted by atomic mass is 19.4. The van der Waals surface area contributed by atoms with Crippen molar-refractivity contribution in [3.63, 3.8) is 0 Å². The van der Waals surface area contributed by atoms with Crippen LogP contribution in [0.4, 0.5) is 17.6 Å². The Morgan fingerprint density at radius 1 is 1.12 bits per heavy atom. The predicted molar refractivity (Wildman–Crippen MR) is 92.0 cm³/mol. The van der Waals surface area contributed by atoms with E-state index >= 15 is 0 Å². The number of aromatic nitrogens is 2. The molecule has 2 aromatic carbocycles. The summed E-state index contributed by atoms with van der Waals surface area (Å²) in [6, 6.07) is 9.06. The first-order chi connectivity index (χ1) is 12.2. The summed E-state index contributed by atoms with van der Waals surface area (Å²) in [7, 11) is 0. The highest BCUT2D eigenvalue weighted by Crippen LogP contribution is 2.33. The molecular formula is C19H19F4N3. The Hall–Kier alpha value is -2.41. The van der Waals surface area contributed by atoms with Gasteiger partial charge in [0.15, 0.2) is 0 Å². The normalized spacial score (nSPS) is 13.5. The quantitative estimate of drug-likeness (QED) is 0.669. The van der Waals surface area contributed by atoms with Crippen molar-refractivity contribution in [3.8, 4) is 0 Å². The van der Waals surface area contributed by atoms with Crippen LogP contribution >= 0.6 is 0 Å². The fourth-order valence-corrected chi connectivity index (χ4v) is 2.86. The molecule has 138 valence electrons. The molecule has 0 spiro atoms. The van der Waals surface area contributed by atoms with Crippen LogP contribution in [0.3, 0.4) is 0 Å². The minimum absolute atomic E-state index is 0.0418. The highest BCUT2D eigenvalue weighted by molar-refractivity contribution is 5.77. The maximum Gasteiger partial charge on any atom is 0.416 e. The van der Waals surface area contributed by atoms with Gasteiger partial charge in [0.05, 0.1) is 22.6 Å². The lowest BCUT2D eigenvalue weighted by molar-refractivity contribution is -0.137. The third-order valence-corrected chi connectivity index (χ3v) is 4.35. The highest BCUT2D eigenvalue weighted by Gasteiger charge is 2.31. The molecule has 0 bridgehead atoms. The van der Waals surface area contributed by atoms with Crippen LogP contribution in [0.2, 0.25) is 0 Å². The Labute approximate surface area is 148 Å². The van der Waals surface area contributed by atoms with Crippen molar-refractivity contribution in [1.29, 1.82) is 0 Å². The van der Waals surface area contributed by atoms with Crippen molar-refractivity contribution in [1.82, 2.24) is 9.55 Å². The summed E-state index contributed by atoms with van der Waals surface area (Å²) in [6.45, 7) is 4.10. The number of halogens is 4. The molecule has 3 aromatic rings. The van der Waals surface area contributed by atoms with Crippen LogP contribution in [-0.2, 0) is 12.7 Å². The molecule has 0 aliphatic rings. The van der Waals surface area contributed by atoms with E-state index in [1.165, 1.54) is 18.2 Å². The van der Waals surface area contributed by atoms with Crippen LogP contribution in [-0.4, -0.2) is 9.55 Å². The number of benzene rings is 2. The van der Waals surface area contributed by atoms with Crippen LogP contribution in [0.1, 0.15) is 36.8 Å². The number of nitrogens with two attached hydrogens (primary N) is 1. The molecule has 0 amide bonds. The van der Waals surface area contributed by atoms with Crippen LogP contribution in [0.25, 0.3) is 11.0 Å². The molecule has 1 aromatic heterocycles. The van der Waals surface area contributed by atoms with Gasteiger partial charge in [0.2, 0.25) is 0 Å². The zero-order valence-corrected chi connectivity index (χ0v) is 14.4. The molecule has 3 nitrogen and oxygen atoms in total. The number of nitrogens with zero attached hydrogens (tertiary/aromatic N) is 2. The van der Waals surface area contributed by atoms with E-state index in [0.29, 0.717) is 16.9 Å². The Bertz CT molecular complexity index is 928. The molecule has 0 saturated heterocycles. The molecule has 0 saturated carbocycles. The van der Waals surface area contributed by atoms with Gasteiger partial charge in [0.1, 0.15) is 11.6 Å². The number of imidazole rings is 1. The second kappa shape index (κ2) is 6.72. The summed E-state index contributed by atoms with van der Waals surface area (Å²) in [5, 5.41) is 0. The summed E-state index contributed by atoms with van der Waals surface area (Å²) >= 11 is 0. The third kappa shape index (κ3) is 3.58. The van der Waals surface area contributed by atoms with Gasteiger partial charge in [-0.25, -0.2) is 9.37 Å². The molecule has 3 rings (SSSR count). The van der Waals surface area contributed by atoms with Gasteiger partial charge in [-0.2, -0.15) is 13.2 Å². The van der Waals surface area contributed by atoms with Crippen molar-refractivity contribution in [2.75, 3.05) is 0 Å². The van der Waals surface area contributed by atoms with Gasteiger partial charge in [-0.3, -0.25) is 0 Å². The van der Waals surface area contributed by atoms with Gasteiger partial charge in [-0.1, -0.05) is 26.0 Å². The van der Waals surface area contributed by atoms with Crippen molar-refractivity contribution in [2.45, 2.75) is 32.6 Å². The largest absolute Gasteiger partial charge is 0.416 e. The van der Waals surface area contributed by atoms with Crippen LogP contribution in [0, 0.1) is 11.7 Å². The molecule has 26 heavy (non-hydrogen) atoms. The molecule has 0 aliphatic heterocycles. The summed E-state index contributed by atoms with van der Waals surface area (Å²) in [5.74, 6) is 0.153. The van der Waals surface area contributed by atoms with E-state index in [1.807, 2.05) is 13.8 Å². The number of rotatable bonds is 4. The van der Waals surface area contributed by atoms with E-state index in [4.69, 9.17) is 5.73 Å². The van der Waals surface area contributed by atoms with E-state index in [1.54, 1.807) is 16.7 Å². The number of alkyl halides is 3. The lowest BCUT2D eigenvalue weighted by atomic mass is 10.0. The van der Waals surface area contributed by atoms with Crippen LogP contribution in [0.5, 0.6) is 0 Å². The van der Waals surface area contributed by atoms with E-state index in [0.717, 1.165) is 12.1 Å². The molecule has 2 N–H and O–H groups in total. The summed E-state index contributed by atoms with van der Waals surface area (Å²) in [4.78, 5) is 4.37. The van der Waals surface area contributed by atoms with Crippen molar-refractivity contribution >= 4 is 11.0 Å². The first-order valence-electron chi connectivity index (χ1n) is 8.24. The Balaban J connectivity index is 2.15. The minimum Gasteiger partial charge on any atom is -0.322 e. The molecule has 1 atom stereocenters. The van der Waals surface area contributed by atoms with Gasteiger partial charge in [-0.15, -0.1) is 0 Å². The molecule has 0 radical (unpaired) electrons. The molecule has 0 aliphatic carbocycles. The Morgan fingerprint density at radius 3 is 2.46 bits per heavy atom. The first-order valence-corrected chi connectivity index (χ1v) is 8.24. The van der Waals surface area contributed by atoms with E-state index in [2.05, 4.69) is 4.98 Å². The summed E-state index contributed by atoms with van der Waals surface area (Å²) in [5.41, 5.74) is 6.91. The summed E-state index contributed by atoms with van der Waals surface area (Å²) in [6.07, 6.45) is -4.44. The van der Waals surface area contributed by atoms with Gasteiger partial charge < -0.3 is 10.3 Å². The maximum absolute atomic E-state index is 13.5. The Morgan fingerprint density at radius 2 is 1.85 bits per heavy atom. The zero-order valence-electron chi connectivity index (χ0n) is 14.4. The van der Waals surface area contributed by atoms with Crippen molar-refractivity contribution in [2.24, 2.45) is 11.7 Å². The number of hydrogen-bond donors (Lipinski definition) is 1. The summed E-state index contributed by atoms with van der Waals surface area (Å²) < 4.78 is 54.3. The third-order valence-electron chi connectivity index (χ3n) is 4.35. The average molecular weight is 365 g/mol. The molecule has 1 heterocycles. The topological polar surface area (TPSA) is 43.8 Å². The van der Waals surface area contributed by atoms with E-state index < -0.39 is 17.8 Å². The fourth-order valence-electron chi connectivity index (χ4n) is 2.86. The average Bonchev–Trinajstić information content (AvgIpc) is 2.91. The van der Waals surface area contributed by atoms with Gasteiger partial charge >= 0.3 is 6.18 Å². The van der Waals surface area contributed by atoms with Crippen LogP contribution < -0.4 is 5.73 Å². The van der Waals surface area contributed by atoms with Gasteiger partial charge in [-0.05, 0) is 41.8 Å². The zero-order chi connectivity index (χ0) is 19.1. The molecule has 0 unspecified atom stereocenters. The monoisotopic (exact) mass is 365 g/mol. The van der Waals surface area contributed by atoms with Crippen LogP contribution in [0.15, 0.2) is 42.5 Å². The lowest BCUT2D eigenvalue weighted by Crippen LogP contribution is -2.22. The SMILES string of the molecule is CC(C)[C@H](N)c1nc2cc(C(F)(F)F)ccc2n1Cc1cccc(F)c1. The standard InChI is InChI=1S/C19H19F4N3/c1-11(2)17(24)18-25-15-9-13(19(21,22)23)6-7-16(15)26(18)10-12-4-3-5-14(20)8-12/h3-9,11,17H,10,24H2,1-2H3/t17-/m0/s1. The molecular weight excluding hydrogens is 346 g/mol. The second-order valence-corrected chi connectivity index (χ2v) is 6.66. The van der Waals surface area contributed by atoms with Crippen molar-refractivity contribution in [3.05, 3.63) is 65.2 Å². The van der Waals surface area contributed by atoms with Crippen molar-refractivity contribution < 1.29 is 17.6 Å².